The summed E-state index contributed by atoms with van der Waals surface area (Å²) in [5.74, 6) is 0.739. The van der Waals surface area contributed by atoms with Crippen LogP contribution in [0.1, 0.15) is 28.8 Å². The van der Waals surface area contributed by atoms with Crippen LogP contribution in [0.5, 0.6) is 0 Å². The first-order valence-electron chi connectivity index (χ1n) is 8.83. The highest BCUT2D eigenvalue weighted by Crippen LogP contribution is 2.16. The summed E-state index contributed by atoms with van der Waals surface area (Å²) >= 11 is 0. The van der Waals surface area contributed by atoms with E-state index >= 15 is 0 Å². The van der Waals surface area contributed by atoms with Gasteiger partial charge in [-0.05, 0) is 50.6 Å². The topological polar surface area (TPSA) is 70.2 Å². The molecule has 25 heavy (non-hydrogen) atoms. The third kappa shape index (κ3) is 4.54. The molecule has 0 spiro atoms. The molecule has 0 bridgehead atoms. The van der Waals surface area contributed by atoms with Crippen LogP contribution >= 0.6 is 0 Å². The first-order chi connectivity index (χ1) is 12.3. The van der Waals surface area contributed by atoms with Crippen LogP contribution in [0.2, 0.25) is 0 Å². The minimum atomic E-state index is 0.00698. The molecule has 0 aliphatic carbocycles. The molecule has 1 aliphatic heterocycles. The molecular weight excluding hydrogens is 314 g/mol. The predicted molar refractivity (Wildman–Crippen MR) is 98.8 cm³/mol. The van der Waals surface area contributed by atoms with E-state index in [4.69, 9.17) is 0 Å². The van der Waals surface area contributed by atoms with Gasteiger partial charge in [-0.3, -0.25) is 4.79 Å². The molecule has 2 N–H and O–H groups in total. The Balaban J connectivity index is 1.65. The summed E-state index contributed by atoms with van der Waals surface area (Å²) in [4.78, 5) is 23.5. The zero-order valence-corrected chi connectivity index (χ0v) is 14.6. The van der Waals surface area contributed by atoms with Crippen LogP contribution in [0.3, 0.4) is 0 Å². The fraction of sp³-hybridized carbons (Fsp3) is 0.421. The smallest absolute Gasteiger partial charge is 0.251 e. The third-order valence-corrected chi connectivity index (χ3v) is 4.50. The number of anilines is 1. The fourth-order valence-corrected chi connectivity index (χ4v) is 3.21. The number of hydrogen-bond donors (Lipinski definition) is 2. The van der Waals surface area contributed by atoms with Crippen LogP contribution in [0.4, 0.5) is 5.95 Å². The largest absolute Gasteiger partial charge is 0.348 e. The van der Waals surface area contributed by atoms with Crippen molar-refractivity contribution < 1.29 is 4.79 Å². The molecule has 6 nitrogen and oxygen atoms in total. The van der Waals surface area contributed by atoms with Crippen molar-refractivity contribution in [1.82, 2.24) is 20.6 Å². The summed E-state index contributed by atoms with van der Waals surface area (Å²) < 4.78 is 0. The van der Waals surface area contributed by atoms with E-state index in [1.165, 1.54) is 0 Å². The van der Waals surface area contributed by atoms with Gasteiger partial charge in [0.15, 0.2) is 0 Å². The van der Waals surface area contributed by atoms with Crippen LogP contribution in [-0.4, -0.2) is 48.6 Å². The molecule has 1 aromatic heterocycles. The summed E-state index contributed by atoms with van der Waals surface area (Å²) in [6.07, 6.45) is 6.35. The van der Waals surface area contributed by atoms with E-state index in [0.717, 1.165) is 56.0 Å². The molecule has 0 saturated carbocycles. The van der Waals surface area contributed by atoms with Gasteiger partial charge in [0.25, 0.3) is 5.91 Å². The Labute approximate surface area is 148 Å². The van der Waals surface area contributed by atoms with E-state index in [2.05, 4.69) is 25.5 Å². The molecule has 1 amide bonds. The van der Waals surface area contributed by atoms with Crippen molar-refractivity contribution in [2.24, 2.45) is 0 Å². The van der Waals surface area contributed by atoms with E-state index in [9.17, 15) is 4.79 Å². The predicted octanol–water partition coefficient (Wildman–Crippen LogP) is 1.64. The van der Waals surface area contributed by atoms with Crippen LogP contribution in [0, 0.1) is 0 Å². The van der Waals surface area contributed by atoms with E-state index < -0.39 is 0 Å². The SMILES string of the molecule is CNCCc1ccccc1C(=O)NC1CCCN(c2ncccn2)C1. The number of hydrogen-bond acceptors (Lipinski definition) is 5. The van der Waals surface area contributed by atoms with Crippen molar-refractivity contribution >= 4 is 11.9 Å². The lowest BCUT2D eigenvalue weighted by Crippen LogP contribution is -2.48. The summed E-state index contributed by atoms with van der Waals surface area (Å²) in [5.41, 5.74) is 1.85. The Hall–Kier alpha value is -2.47. The lowest BCUT2D eigenvalue weighted by molar-refractivity contribution is 0.0932. The van der Waals surface area contributed by atoms with Gasteiger partial charge in [-0.2, -0.15) is 0 Å². The second-order valence-corrected chi connectivity index (χ2v) is 6.32. The quantitative estimate of drug-likeness (QED) is 0.837. The van der Waals surface area contributed by atoms with E-state index in [1.54, 1.807) is 12.4 Å². The first-order valence-corrected chi connectivity index (χ1v) is 8.83. The molecule has 1 aromatic carbocycles. The third-order valence-electron chi connectivity index (χ3n) is 4.50. The number of likely N-dealkylation sites (N-methyl/N-ethyl adjacent to an activating group) is 1. The van der Waals surface area contributed by atoms with Crippen LogP contribution < -0.4 is 15.5 Å². The molecule has 3 rings (SSSR count). The number of rotatable bonds is 6. The summed E-state index contributed by atoms with van der Waals surface area (Å²) in [7, 11) is 1.92. The van der Waals surface area contributed by atoms with Gasteiger partial charge in [0.05, 0.1) is 0 Å². The molecule has 132 valence electrons. The lowest BCUT2D eigenvalue weighted by Gasteiger charge is -2.33. The molecule has 1 fully saturated rings. The molecule has 1 atom stereocenters. The van der Waals surface area contributed by atoms with Crippen molar-refractivity contribution in [2.45, 2.75) is 25.3 Å². The van der Waals surface area contributed by atoms with Crippen molar-refractivity contribution in [3.63, 3.8) is 0 Å². The highest BCUT2D eigenvalue weighted by molar-refractivity contribution is 5.95. The second kappa shape index (κ2) is 8.58. The van der Waals surface area contributed by atoms with E-state index in [1.807, 2.05) is 37.4 Å². The Bertz CT molecular complexity index is 691. The van der Waals surface area contributed by atoms with Crippen molar-refractivity contribution in [3.8, 4) is 0 Å². The van der Waals surface area contributed by atoms with E-state index in [-0.39, 0.29) is 11.9 Å². The van der Waals surface area contributed by atoms with Crippen molar-refractivity contribution in [1.29, 1.82) is 0 Å². The van der Waals surface area contributed by atoms with Gasteiger partial charge in [0, 0.05) is 37.1 Å². The maximum Gasteiger partial charge on any atom is 0.251 e. The normalized spacial score (nSPS) is 17.3. The fourth-order valence-electron chi connectivity index (χ4n) is 3.21. The summed E-state index contributed by atoms with van der Waals surface area (Å²) in [6, 6.07) is 9.76. The molecular formula is C19H25N5O. The number of nitrogens with one attached hydrogen (secondary N) is 2. The number of nitrogens with zero attached hydrogens (tertiary/aromatic N) is 3. The molecule has 2 aromatic rings. The maximum atomic E-state index is 12.8. The number of amides is 1. The number of benzene rings is 1. The molecule has 1 aliphatic rings. The van der Waals surface area contributed by atoms with Gasteiger partial charge in [0.1, 0.15) is 0 Å². The molecule has 2 heterocycles. The van der Waals surface area contributed by atoms with Crippen molar-refractivity contribution in [2.75, 3.05) is 31.6 Å². The summed E-state index contributed by atoms with van der Waals surface area (Å²) in [6.45, 7) is 2.52. The Morgan fingerprint density at radius 3 is 2.84 bits per heavy atom. The number of aromatic nitrogens is 2. The second-order valence-electron chi connectivity index (χ2n) is 6.32. The van der Waals surface area contributed by atoms with Gasteiger partial charge >= 0.3 is 0 Å². The lowest BCUT2D eigenvalue weighted by atomic mass is 10.0. The summed E-state index contributed by atoms with van der Waals surface area (Å²) in [5, 5.41) is 6.33. The Morgan fingerprint density at radius 2 is 2.04 bits per heavy atom. The maximum absolute atomic E-state index is 12.8. The number of carbonyl (C=O) groups excluding carboxylic acids is 1. The average molecular weight is 339 g/mol. The highest BCUT2D eigenvalue weighted by atomic mass is 16.1. The van der Waals surface area contributed by atoms with Gasteiger partial charge in [-0.25, -0.2) is 9.97 Å². The molecule has 6 heteroatoms. The minimum Gasteiger partial charge on any atom is -0.348 e. The van der Waals surface area contributed by atoms with Crippen LogP contribution in [0.25, 0.3) is 0 Å². The van der Waals surface area contributed by atoms with Gasteiger partial charge in [-0.1, -0.05) is 18.2 Å². The zero-order chi connectivity index (χ0) is 17.5. The molecule has 0 radical (unpaired) electrons. The highest BCUT2D eigenvalue weighted by Gasteiger charge is 2.23. The number of piperidine rings is 1. The van der Waals surface area contributed by atoms with E-state index in [0.29, 0.717) is 0 Å². The van der Waals surface area contributed by atoms with Crippen molar-refractivity contribution in [3.05, 3.63) is 53.9 Å². The zero-order valence-electron chi connectivity index (χ0n) is 14.6. The molecule has 1 unspecified atom stereocenters. The monoisotopic (exact) mass is 339 g/mol. The van der Waals surface area contributed by atoms with Gasteiger partial charge in [-0.15, -0.1) is 0 Å². The Kier molecular flexibility index (Phi) is 5.95. The van der Waals surface area contributed by atoms with Crippen LogP contribution in [-0.2, 0) is 6.42 Å². The minimum absolute atomic E-state index is 0.00698. The van der Waals surface area contributed by atoms with Gasteiger partial charge < -0.3 is 15.5 Å². The number of carbonyl (C=O) groups is 1. The molecule has 1 saturated heterocycles. The van der Waals surface area contributed by atoms with Crippen LogP contribution in [0.15, 0.2) is 42.7 Å². The standard InChI is InChI=1S/C19H25N5O/c1-20-12-9-15-6-2-3-8-17(15)18(25)23-16-7-4-13-24(14-16)19-21-10-5-11-22-19/h2-3,5-6,8,10-11,16,20H,4,7,9,12-14H2,1H3,(H,23,25). The average Bonchev–Trinajstić information content (AvgIpc) is 2.67. The first kappa shape index (κ1) is 17.4. The Morgan fingerprint density at radius 1 is 1.24 bits per heavy atom. The van der Waals surface area contributed by atoms with Gasteiger partial charge in [0.2, 0.25) is 5.95 Å².